The molecule has 0 bridgehead atoms. The molecule has 4 rings (SSSR count). The van der Waals surface area contributed by atoms with Gasteiger partial charge in [-0.25, -0.2) is 9.97 Å². The molecule has 0 saturated heterocycles. The third-order valence-corrected chi connectivity index (χ3v) is 4.26. The van der Waals surface area contributed by atoms with Gasteiger partial charge in [0.05, 0.1) is 10.2 Å². The fraction of sp³-hybridized carbons (Fsp3) is 0.125. The van der Waals surface area contributed by atoms with Gasteiger partial charge in [0.2, 0.25) is 0 Å². The molecule has 2 N–H and O–H groups in total. The first kappa shape index (κ1) is 12.3. The van der Waals surface area contributed by atoms with Crippen LogP contribution in [0.2, 0.25) is 0 Å². The van der Waals surface area contributed by atoms with Crippen LogP contribution in [0.5, 0.6) is 0 Å². The van der Waals surface area contributed by atoms with Gasteiger partial charge < -0.3 is 10.2 Å². The van der Waals surface area contributed by atoms with E-state index in [0.29, 0.717) is 11.6 Å². The van der Waals surface area contributed by atoms with E-state index < -0.39 is 0 Å². The van der Waals surface area contributed by atoms with Crippen LogP contribution >= 0.6 is 11.3 Å². The average molecular weight is 295 g/mol. The first-order valence-corrected chi connectivity index (χ1v) is 7.50. The van der Waals surface area contributed by atoms with Crippen molar-refractivity contribution in [2.75, 3.05) is 5.73 Å². The normalized spacial score (nSPS) is 11.5. The number of aromatic nitrogens is 2. The predicted octanol–water partition coefficient (Wildman–Crippen LogP) is 3.92. The molecule has 0 aliphatic heterocycles. The Morgan fingerprint density at radius 3 is 2.86 bits per heavy atom. The van der Waals surface area contributed by atoms with Gasteiger partial charge >= 0.3 is 0 Å². The van der Waals surface area contributed by atoms with Crippen molar-refractivity contribution < 1.29 is 4.42 Å². The molecule has 0 amide bonds. The summed E-state index contributed by atoms with van der Waals surface area (Å²) < 4.78 is 6.92. The van der Waals surface area contributed by atoms with Crippen LogP contribution in [0.1, 0.15) is 17.0 Å². The molecule has 0 fully saturated rings. The lowest BCUT2D eigenvalue weighted by atomic mass is 10.1. The molecule has 0 spiro atoms. The number of hydrogen-bond donors (Lipinski definition) is 1. The highest BCUT2D eigenvalue weighted by atomic mass is 32.1. The Morgan fingerprint density at radius 2 is 1.95 bits per heavy atom. The maximum absolute atomic E-state index is 5.82. The number of nitrogens with zero attached hydrogens (tertiary/aromatic N) is 2. The zero-order valence-electron chi connectivity index (χ0n) is 11.5. The van der Waals surface area contributed by atoms with Crippen LogP contribution in [-0.2, 0) is 6.42 Å². The highest BCUT2D eigenvalue weighted by Crippen LogP contribution is 2.26. The van der Waals surface area contributed by atoms with Crippen molar-refractivity contribution in [1.82, 2.24) is 9.97 Å². The summed E-state index contributed by atoms with van der Waals surface area (Å²) in [4.78, 5) is 8.79. The van der Waals surface area contributed by atoms with E-state index in [-0.39, 0.29) is 0 Å². The quantitative estimate of drug-likeness (QED) is 0.608. The zero-order chi connectivity index (χ0) is 14.4. The lowest BCUT2D eigenvalue weighted by Crippen LogP contribution is -1.87. The standard InChI is InChI=1S/C16H13N3OS/c1-9-2-4-11-13(6-9)20-15(18-11)8-10-3-5-12-14(7-10)21-16(17)19-12/h2-7H,8H2,1H3,(H2,17,19). The fourth-order valence-corrected chi connectivity index (χ4v) is 3.22. The van der Waals surface area contributed by atoms with Gasteiger partial charge in [-0.05, 0) is 42.3 Å². The Kier molecular flexibility index (Phi) is 2.68. The summed E-state index contributed by atoms with van der Waals surface area (Å²) in [6, 6.07) is 12.2. The van der Waals surface area contributed by atoms with E-state index in [9.17, 15) is 0 Å². The highest BCUT2D eigenvalue weighted by molar-refractivity contribution is 7.22. The minimum Gasteiger partial charge on any atom is -0.440 e. The zero-order valence-corrected chi connectivity index (χ0v) is 12.3. The monoisotopic (exact) mass is 295 g/mol. The SMILES string of the molecule is Cc1ccc2nc(Cc3ccc4nc(N)sc4c3)oc2c1. The largest absolute Gasteiger partial charge is 0.440 e. The summed E-state index contributed by atoms with van der Waals surface area (Å²) in [7, 11) is 0. The van der Waals surface area contributed by atoms with Crippen molar-refractivity contribution in [3.63, 3.8) is 0 Å². The Labute approximate surface area is 125 Å². The van der Waals surface area contributed by atoms with Gasteiger partial charge in [0.15, 0.2) is 16.6 Å². The van der Waals surface area contributed by atoms with Crippen LogP contribution in [0, 0.1) is 6.92 Å². The molecule has 0 aliphatic carbocycles. The molecule has 5 heteroatoms. The number of anilines is 1. The summed E-state index contributed by atoms with van der Waals surface area (Å²) in [6.07, 6.45) is 0.668. The van der Waals surface area contributed by atoms with E-state index in [1.54, 1.807) is 0 Å². The van der Waals surface area contributed by atoms with Crippen LogP contribution in [0.25, 0.3) is 21.3 Å². The second-order valence-electron chi connectivity index (χ2n) is 5.11. The van der Waals surface area contributed by atoms with Crippen LogP contribution in [0.15, 0.2) is 40.8 Å². The Morgan fingerprint density at radius 1 is 1.10 bits per heavy atom. The molecule has 2 heterocycles. The molecule has 0 aliphatic rings. The van der Waals surface area contributed by atoms with Crippen LogP contribution < -0.4 is 5.73 Å². The Bertz CT molecular complexity index is 955. The van der Waals surface area contributed by atoms with Crippen molar-refractivity contribution >= 4 is 37.8 Å². The van der Waals surface area contributed by atoms with Crippen LogP contribution in [0.3, 0.4) is 0 Å². The number of benzene rings is 2. The lowest BCUT2D eigenvalue weighted by molar-refractivity contribution is 0.544. The number of nitrogens with two attached hydrogens (primary N) is 1. The lowest BCUT2D eigenvalue weighted by Gasteiger charge is -1.96. The summed E-state index contributed by atoms with van der Waals surface area (Å²) in [6.45, 7) is 2.05. The van der Waals surface area contributed by atoms with E-state index >= 15 is 0 Å². The molecule has 4 aromatic rings. The van der Waals surface area contributed by atoms with Gasteiger partial charge in [-0.3, -0.25) is 0 Å². The van der Waals surface area contributed by atoms with E-state index in [1.807, 2.05) is 37.3 Å². The van der Waals surface area contributed by atoms with Gasteiger partial charge in [0.1, 0.15) is 5.52 Å². The molecule has 104 valence electrons. The van der Waals surface area contributed by atoms with E-state index in [4.69, 9.17) is 10.2 Å². The second kappa shape index (κ2) is 4.56. The van der Waals surface area contributed by atoms with Gasteiger partial charge in [-0.1, -0.05) is 23.5 Å². The second-order valence-corrected chi connectivity index (χ2v) is 6.17. The van der Waals surface area contributed by atoms with Crippen LogP contribution in [0.4, 0.5) is 5.13 Å². The number of oxazole rings is 1. The number of nitrogen functional groups attached to an aromatic ring is 1. The molecule has 21 heavy (non-hydrogen) atoms. The third kappa shape index (κ3) is 2.25. The number of fused-ring (bicyclic) bond motifs is 2. The maximum atomic E-state index is 5.82. The minimum atomic E-state index is 0.597. The Balaban J connectivity index is 1.71. The number of rotatable bonds is 2. The minimum absolute atomic E-state index is 0.597. The molecule has 2 aromatic carbocycles. The topological polar surface area (TPSA) is 64.9 Å². The maximum Gasteiger partial charge on any atom is 0.199 e. The van der Waals surface area contributed by atoms with E-state index in [2.05, 4.69) is 16.0 Å². The molecular weight excluding hydrogens is 282 g/mol. The fourth-order valence-electron chi connectivity index (χ4n) is 2.43. The molecule has 0 atom stereocenters. The number of thiazole rings is 1. The van der Waals surface area contributed by atoms with Gasteiger partial charge in [0, 0.05) is 6.42 Å². The van der Waals surface area contributed by atoms with Gasteiger partial charge in [-0.15, -0.1) is 0 Å². The van der Waals surface area contributed by atoms with Crippen LogP contribution in [-0.4, -0.2) is 9.97 Å². The number of aryl methyl sites for hydroxylation is 1. The van der Waals surface area contributed by atoms with Crippen molar-refractivity contribution in [1.29, 1.82) is 0 Å². The highest BCUT2D eigenvalue weighted by Gasteiger charge is 2.08. The molecule has 4 nitrogen and oxygen atoms in total. The molecule has 0 unspecified atom stereocenters. The molecule has 0 radical (unpaired) electrons. The smallest absolute Gasteiger partial charge is 0.199 e. The third-order valence-electron chi connectivity index (χ3n) is 3.41. The summed E-state index contributed by atoms with van der Waals surface area (Å²) in [5.74, 6) is 0.729. The van der Waals surface area contributed by atoms with Crippen molar-refractivity contribution in [3.8, 4) is 0 Å². The average Bonchev–Trinajstić information content (AvgIpc) is 2.99. The Hall–Kier alpha value is -2.40. The molecule has 2 aromatic heterocycles. The van der Waals surface area contributed by atoms with E-state index in [1.165, 1.54) is 16.9 Å². The first-order chi connectivity index (χ1) is 10.2. The summed E-state index contributed by atoms with van der Waals surface area (Å²) in [5, 5.41) is 0.597. The first-order valence-electron chi connectivity index (χ1n) is 6.68. The van der Waals surface area contributed by atoms with Gasteiger partial charge in [-0.2, -0.15) is 0 Å². The molecule has 0 saturated carbocycles. The molecular formula is C16H13N3OS. The predicted molar refractivity (Wildman–Crippen MR) is 85.6 cm³/mol. The summed E-state index contributed by atoms with van der Waals surface area (Å²) >= 11 is 1.50. The van der Waals surface area contributed by atoms with Crippen molar-refractivity contribution in [3.05, 3.63) is 53.4 Å². The van der Waals surface area contributed by atoms with Crippen molar-refractivity contribution in [2.45, 2.75) is 13.3 Å². The van der Waals surface area contributed by atoms with Crippen molar-refractivity contribution in [2.24, 2.45) is 0 Å². The van der Waals surface area contributed by atoms with E-state index in [0.717, 1.165) is 32.8 Å². The number of hydrogen-bond acceptors (Lipinski definition) is 5. The summed E-state index contributed by atoms with van der Waals surface area (Å²) in [5.41, 5.74) is 10.7. The van der Waals surface area contributed by atoms with Gasteiger partial charge in [0.25, 0.3) is 0 Å².